The number of fused-ring (bicyclic) bond motifs is 1. The minimum atomic E-state index is -0.673. The van der Waals surface area contributed by atoms with Crippen LogP contribution >= 0.6 is 0 Å². The molecule has 0 aliphatic carbocycles. The molecule has 0 fully saturated rings. The summed E-state index contributed by atoms with van der Waals surface area (Å²) in [6.07, 6.45) is 1.10. The number of carbonyl (C=O) groups excluding carboxylic acids is 1. The van der Waals surface area contributed by atoms with Crippen LogP contribution in [0, 0.1) is 0 Å². The summed E-state index contributed by atoms with van der Waals surface area (Å²) in [4.78, 5) is 24.2. The van der Waals surface area contributed by atoms with Gasteiger partial charge in [0.25, 0.3) is 5.91 Å². The number of rotatable bonds is 5. The first kappa shape index (κ1) is 15.1. The number of carbonyl (C=O) groups is 1. The van der Waals surface area contributed by atoms with Gasteiger partial charge >= 0.3 is 5.63 Å². The number of nitrogens with one attached hydrogen (secondary N) is 1. The highest BCUT2D eigenvalue weighted by Gasteiger charge is 2.18. The Morgan fingerprint density at radius 3 is 2.83 bits per heavy atom. The van der Waals surface area contributed by atoms with Crippen molar-refractivity contribution in [3.8, 4) is 0 Å². The summed E-state index contributed by atoms with van der Waals surface area (Å²) in [6.45, 7) is 0.176. The first-order valence-electron chi connectivity index (χ1n) is 7.06. The molecule has 0 aliphatic heterocycles. The molecule has 0 saturated carbocycles. The lowest BCUT2D eigenvalue weighted by Crippen LogP contribution is -2.32. The van der Waals surface area contributed by atoms with Gasteiger partial charge in [-0.1, -0.05) is 18.2 Å². The van der Waals surface area contributed by atoms with E-state index in [0.717, 1.165) is 0 Å². The molecule has 3 aromatic rings. The average molecular weight is 313 g/mol. The van der Waals surface area contributed by atoms with Crippen molar-refractivity contribution in [3.63, 3.8) is 0 Å². The predicted octanol–water partition coefficient (Wildman–Crippen LogP) is 2.50. The van der Waals surface area contributed by atoms with Gasteiger partial charge in [0.05, 0.1) is 12.8 Å². The SMILES string of the molecule is COC(CNC(=O)c1cc2ccccc2oc1=O)c1ccco1. The fraction of sp³-hybridized carbons (Fsp3) is 0.176. The van der Waals surface area contributed by atoms with Gasteiger partial charge in [-0.05, 0) is 24.3 Å². The van der Waals surface area contributed by atoms with E-state index in [9.17, 15) is 9.59 Å². The highest BCUT2D eigenvalue weighted by molar-refractivity contribution is 5.96. The second kappa shape index (κ2) is 6.50. The van der Waals surface area contributed by atoms with E-state index in [2.05, 4.69) is 5.32 Å². The Kier molecular flexibility index (Phi) is 4.25. The third kappa shape index (κ3) is 3.17. The molecule has 0 radical (unpaired) electrons. The van der Waals surface area contributed by atoms with Crippen molar-refractivity contribution in [2.45, 2.75) is 6.10 Å². The minimum absolute atomic E-state index is 0.0435. The van der Waals surface area contributed by atoms with E-state index < -0.39 is 17.6 Å². The predicted molar refractivity (Wildman–Crippen MR) is 83.3 cm³/mol. The average Bonchev–Trinajstić information content (AvgIpc) is 3.09. The number of para-hydroxylation sites is 1. The normalized spacial score (nSPS) is 12.2. The lowest BCUT2D eigenvalue weighted by atomic mass is 10.1. The van der Waals surface area contributed by atoms with E-state index in [1.54, 1.807) is 30.3 Å². The molecular weight excluding hydrogens is 298 g/mol. The molecule has 118 valence electrons. The van der Waals surface area contributed by atoms with E-state index in [0.29, 0.717) is 16.7 Å². The van der Waals surface area contributed by atoms with Crippen LogP contribution < -0.4 is 10.9 Å². The van der Waals surface area contributed by atoms with Crippen LogP contribution in [0.2, 0.25) is 0 Å². The molecule has 2 heterocycles. The van der Waals surface area contributed by atoms with Crippen molar-refractivity contribution in [2.75, 3.05) is 13.7 Å². The van der Waals surface area contributed by atoms with Crippen LogP contribution in [0.3, 0.4) is 0 Å². The minimum Gasteiger partial charge on any atom is -0.467 e. The standard InChI is InChI=1S/C17H15NO5/c1-21-15(14-7-4-8-22-14)10-18-16(19)12-9-11-5-2-3-6-13(11)23-17(12)20/h2-9,15H,10H2,1H3,(H,18,19). The van der Waals surface area contributed by atoms with Gasteiger partial charge in [-0.15, -0.1) is 0 Å². The zero-order chi connectivity index (χ0) is 16.2. The van der Waals surface area contributed by atoms with Gasteiger partial charge in [0.15, 0.2) is 0 Å². The summed E-state index contributed by atoms with van der Waals surface area (Å²) in [5, 5.41) is 3.35. The largest absolute Gasteiger partial charge is 0.467 e. The lowest BCUT2D eigenvalue weighted by molar-refractivity contribution is 0.0736. The molecular formula is C17H15NO5. The molecule has 0 aliphatic rings. The van der Waals surface area contributed by atoms with Gasteiger partial charge in [-0.2, -0.15) is 0 Å². The van der Waals surface area contributed by atoms with Gasteiger partial charge in [0.2, 0.25) is 0 Å². The summed E-state index contributed by atoms with van der Waals surface area (Å²) in [6, 6.07) is 12.0. The van der Waals surface area contributed by atoms with Crippen molar-refractivity contribution in [1.29, 1.82) is 0 Å². The first-order valence-corrected chi connectivity index (χ1v) is 7.06. The molecule has 6 heteroatoms. The zero-order valence-corrected chi connectivity index (χ0v) is 12.4. The number of amides is 1. The van der Waals surface area contributed by atoms with Crippen molar-refractivity contribution in [2.24, 2.45) is 0 Å². The smallest absolute Gasteiger partial charge is 0.349 e. The fourth-order valence-electron chi connectivity index (χ4n) is 2.28. The Balaban J connectivity index is 1.78. The highest BCUT2D eigenvalue weighted by Crippen LogP contribution is 2.16. The molecule has 1 amide bonds. The Labute approximate surface area is 131 Å². The van der Waals surface area contributed by atoms with E-state index in [1.165, 1.54) is 19.4 Å². The molecule has 1 unspecified atom stereocenters. The van der Waals surface area contributed by atoms with Crippen LogP contribution in [-0.4, -0.2) is 19.6 Å². The van der Waals surface area contributed by atoms with E-state index in [1.807, 2.05) is 6.07 Å². The van der Waals surface area contributed by atoms with Crippen LogP contribution in [0.15, 0.2) is 62.4 Å². The quantitative estimate of drug-likeness (QED) is 0.732. The Morgan fingerprint density at radius 1 is 1.26 bits per heavy atom. The van der Waals surface area contributed by atoms with Gasteiger partial charge in [0.1, 0.15) is 23.0 Å². The van der Waals surface area contributed by atoms with Crippen molar-refractivity contribution >= 4 is 16.9 Å². The monoisotopic (exact) mass is 313 g/mol. The second-order valence-electron chi connectivity index (χ2n) is 4.94. The number of ether oxygens (including phenoxy) is 1. The number of benzene rings is 1. The summed E-state index contributed by atoms with van der Waals surface area (Å²) in [5.74, 6) is 0.0801. The maximum Gasteiger partial charge on any atom is 0.349 e. The molecule has 23 heavy (non-hydrogen) atoms. The van der Waals surface area contributed by atoms with Crippen LogP contribution in [0.25, 0.3) is 11.0 Å². The number of furan rings is 1. The van der Waals surface area contributed by atoms with E-state index in [4.69, 9.17) is 13.6 Å². The molecule has 1 aromatic carbocycles. The Morgan fingerprint density at radius 2 is 2.09 bits per heavy atom. The summed E-state index contributed by atoms with van der Waals surface area (Å²) >= 11 is 0. The molecule has 1 N–H and O–H groups in total. The maximum absolute atomic E-state index is 12.2. The number of hydrogen-bond acceptors (Lipinski definition) is 5. The van der Waals surface area contributed by atoms with E-state index in [-0.39, 0.29) is 12.1 Å². The molecule has 6 nitrogen and oxygen atoms in total. The first-order chi connectivity index (χ1) is 11.2. The van der Waals surface area contributed by atoms with Gasteiger partial charge in [-0.3, -0.25) is 4.79 Å². The highest BCUT2D eigenvalue weighted by atomic mass is 16.5. The van der Waals surface area contributed by atoms with Crippen LogP contribution in [0.1, 0.15) is 22.2 Å². The summed E-state index contributed by atoms with van der Waals surface area (Å²) in [5.41, 5.74) is -0.273. The van der Waals surface area contributed by atoms with Crippen molar-refractivity contribution in [3.05, 3.63) is 70.5 Å². The summed E-state index contributed by atoms with van der Waals surface area (Å²) in [7, 11) is 1.52. The lowest BCUT2D eigenvalue weighted by Gasteiger charge is -2.13. The molecule has 0 spiro atoms. The number of methoxy groups -OCH3 is 1. The molecule has 0 saturated heterocycles. The van der Waals surface area contributed by atoms with Crippen LogP contribution in [-0.2, 0) is 4.74 Å². The van der Waals surface area contributed by atoms with Gasteiger partial charge < -0.3 is 18.9 Å². The molecule has 2 aromatic heterocycles. The summed E-state index contributed by atoms with van der Waals surface area (Å²) < 4.78 is 15.7. The van der Waals surface area contributed by atoms with Crippen molar-refractivity contribution in [1.82, 2.24) is 5.32 Å². The Hall–Kier alpha value is -2.86. The second-order valence-corrected chi connectivity index (χ2v) is 4.94. The van der Waals surface area contributed by atoms with Crippen molar-refractivity contribution < 1.29 is 18.4 Å². The molecule has 0 bridgehead atoms. The Bertz CT molecular complexity index is 866. The van der Waals surface area contributed by atoms with E-state index >= 15 is 0 Å². The van der Waals surface area contributed by atoms with Crippen LogP contribution in [0.5, 0.6) is 0 Å². The fourth-order valence-corrected chi connectivity index (χ4v) is 2.28. The van der Waals surface area contributed by atoms with Gasteiger partial charge in [0, 0.05) is 12.5 Å². The topological polar surface area (TPSA) is 81.7 Å². The molecule has 1 atom stereocenters. The molecule has 3 rings (SSSR count). The third-order valence-corrected chi connectivity index (χ3v) is 3.48. The maximum atomic E-state index is 12.2. The third-order valence-electron chi connectivity index (χ3n) is 3.48. The van der Waals surface area contributed by atoms with Crippen LogP contribution in [0.4, 0.5) is 0 Å². The zero-order valence-electron chi connectivity index (χ0n) is 12.4. The van der Waals surface area contributed by atoms with Gasteiger partial charge in [-0.25, -0.2) is 4.79 Å². The number of hydrogen-bond donors (Lipinski definition) is 1.